The molecule has 0 unspecified atom stereocenters. The number of ether oxygens (including phenoxy) is 2. The molecule has 0 atom stereocenters. The number of carbonyl (C=O) groups is 1. The molecule has 1 aliphatic rings. The molecule has 0 fully saturated rings. The number of hydrogen-bond acceptors (Lipinski definition) is 7. The van der Waals surface area contributed by atoms with Gasteiger partial charge in [0.2, 0.25) is 11.8 Å². The Labute approximate surface area is 200 Å². The Balaban J connectivity index is 1.37. The molecule has 0 aliphatic carbocycles. The maximum Gasteiger partial charge on any atom is 0.347 e. The molecule has 4 aromatic rings. The van der Waals surface area contributed by atoms with Gasteiger partial charge in [-0.1, -0.05) is 12.7 Å². The topological polar surface area (TPSA) is 103 Å². The quantitative estimate of drug-likeness (QED) is 0.403. The van der Waals surface area contributed by atoms with Gasteiger partial charge in [-0.15, -0.1) is 0 Å². The average Bonchev–Trinajstić information content (AvgIpc) is 3.43. The lowest BCUT2D eigenvalue weighted by molar-refractivity contribution is 0.102. The van der Waals surface area contributed by atoms with Crippen LogP contribution in [-0.2, 0) is 4.74 Å². The molecule has 1 aromatic heterocycles. The summed E-state index contributed by atoms with van der Waals surface area (Å²) in [6.45, 7) is 5.24. The van der Waals surface area contributed by atoms with Gasteiger partial charge in [0.1, 0.15) is 19.0 Å². The second kappa shape index (κ2) is 9.64. The lowest BCUT2D eigenvalue weighted by atomic mass is 10.1. The largest absolute Gasteiger partial charge is 0.490 e. The molecular weight excluding hydrogens is 446 g/mol. The Hall–Kier alpha value is -4.72. The lowest BCUT2D eigenvalue weighted by Gasteiger charge is -2.08. The van der Waals surface area contributed by atoms with E-state index in [0.29, 0.717) is 53.7 Å². The first-order valence-electron chi connectivity index (χ1n) is 11.0. The fourth-order valence-electron chi connectivity index (χ4n) is 3.59. The van der Waals surface area contributed by atoms with E-state index in [-0.39, 0.29) is 17.2 Å². The molecule has 35 heavy (non-hydrogen) atoms. The average molecular weight is 467 g/mol. The molecular formula is C27H21N3O5. The zero-order valence-corrected chi connectivity index (χ0v) is 18.7. The van der Waals surface area contributed by atoms with E-state index in [1.54, 1.807) is 54.6 Å². The van der Waals surface area contributed by atoms with Gasteiger partial charge in [-0.2, -0.15) is 0 Å². The zero-order valence-electron chi connectivity index (χ0n) is 18.7. The highest BCUT2D eigenvalue weighted by molar-refractivity contribution is 6.06. The molecule has 3 aromatic carbocycles. The predicted octanol–water partition coefficient (Wildman–Crippen LogP) is 4.45. The van der Waals surface area contributed by atoms with E-state index in [1.807, 2.05) is 12.1 Å². The van der Waals surface area contributed by atoms with Crippen LogP contribution in [0.15, 0.2) is 93.6 Å². The maximum atomic E-state index is 12.9. The van der Waals surface area contributed by atoms with Crippen LogP contribution >= 0.6 is 0 Å². The number of aliphatic imine (C=N–C) groups is 1. The number of rotatable bonds is 7. The first-order valence-corrected chi connectivity index (χ1v) is 11.0. The van der Waals surface area contributed by atoms with Gasteiger partial charge in [0.15, 0.2) is 0 Å². The number of fused-ring (bicyclic) bond motifs is 1. The van der Waals surface area contributed by atoms with E-state index in [9.17, 15) is 9.59 Å². The molecule has 8 heteroatoms. The van der Waals surface area contributed by atoms with Gasteiger partial charge < -0.3 is 19.2 Å². The van der Waals surface area contributed by atoms with Crippen molar-refractivity contribution in [3.63, 3.8) is 0 Å². The fraction of sp³-hybridized carbons (Fsp3) is 0.111. The number of carbonyl (C=O) groups excluding carboxylic acids is 1. The fourth-order valence-corrected chi connectivity index (χ4v) is 3.59. The van der Waals surface area contributed by atoms with E-state index in [2.05, 4.69) is 21.9 Å². The number of amides is 1. The van der Waals surface area contributed by atoms with Crippen LogP contribution in [0, 0.1) is 0 Å². The van der Waals surface area contributed by atoms with E-state index < -0.39 is 5.63 Å². The second-order valence-corrected chi connectivity index (χ2v) is 7.73. The number of aromatic nitrogens is 1. The highest BCUT2D eigenvalue weighted by Crippen LogP contribution is 2.23. The van der Waals surface area contributed by atoms with Gasteiger partial charge in [0.05, 0.1) is 17.4 Å². The number of hydrogen-bond donors (Lipinski definition) is 1. The van der Waals surface area contributed by atoms with Crippen molar-refractivity contribution in [2.24, 2.45) is 4.99 Å². The minimum Gasteiger partial charge on any atom is -0.490 e. The molecule has 0 radical (unpaired) electrons. The number of anilines is 1. The van der Waals surface area contributed by atoms with Crippen LogP contribution in [-0.4, -0.2) is 36.5 Å². The highest BCUT2D eigenvalue weighted by atomic mass is 16.5. The van der Waals surface area contributed by atoms with Crippen LogP contribution < -0.4 is 15.7 Å². The SMILES string of the molecule is C=CCOc1ccc(-c2nc3cc(C(=O)Nc4ccc(C5=NCCO5)cc4)ccc3c(=O)o2)cc1. The van der Waals surface area contributed by atoms with Gasteiger partial charge in [-0.05, 0) is 66.7 Å². The molecule has 2 heterocycles. The molecule has 0 saturated heterocycles. The van der Waals surface area contributed by atoms with Gasteiger partial charge in [0, 0.05) is 22.4 Å². The summed E-state index contributed by atoms with van der Waals surface area (Å²) in [4.78, 5) is 34.1. The van der Waals surface area contributed by atoms with E-state index >= 15 is 0 Å². The number of nitrogens with one attached hydrogen (secondary N) is 1. The van der Waals surface area contributed by atoms with Crippen molar-refractivity contribution >= 4 is 28.4 Å². The van der Waals surface area contributed by atoms with Crippen molar-refractivity contribution in [1.29, 1.82) is 0 Å². The van der Waals surface area contributed by atoms with Crippen LogP contribution in [0.4, 0.5) is 5.69 Å². The normalized spacial score (nSPS) is 12.6. The molecule has 1 N–H and O–H groups in total. The summed E-state index contributed by atoms with van der Waals surface area (Å²) < 4.78 is 16.3. The minimum absolute atomic E-state index is 0.156. The third-order valence-electron chi connectivity index (χ3n) is 5.34. The molecule has 174 valence electrons. The molecule has 1 aliphatic heterocycles. The summed E-state index contributed by atoms with van der Waals surface area (Å²) >= 11 is 0. The first-order chi connectivity index (χ1) is 17.1. The molecule has 1 amide bonds. The van der Waals surface area contributed by atoms with Crippen molar-refractivity contribution in [3.8, 4) is 17.2 Å². The third-order valence-corrected chi connectivity index (χ3v) is 5.34. The summed E-state index contributed by atoms with van der Waals surface area (Å²) in [5, 5.41) is 3.14. The van der Waals surface area contributed by atoms with Crippen LogP contribution in [0.2, 0.25) is 0 Å². The second-order valence-electron chi connectivity index (χ2n) is 7.73. The molecule has 0 bridgehead atoms. The first kappa shape index (κ1) is 22.1. The molecule has 0 spiro atoms. The van der Waals surface area contributed by atoms with Crippen molar-refractivity contribution < 1.29 is 18.7 Å². The summed E-state index contributed by atoms with van der Waals surface area (Å²) in [6.07, 6.45) is 1.65. The summed E-state index contributed by atoms with van der Waals surface area (Å²) in [5.74, 6) is 1.10. The maximum absolute atomic E-state index is 12.9. The zero-order chi connectivity index (χ0) is 24.2. The van der Waals surface area contributed by atoms with Crippen molar-refractivity contribution in [2.75, 3.05) is 25.1 Å². The summed E-state index contributed by atoms with van der Waals surface area (Å²) in [5.41, 5.74) is 2.29. The monoisotopic (exact) mass is 467 g/mol. The number of nitrogens with zero attached hydrogens (tertiary/aromatic N) is 2. The van der Waals surface area contributed by atoms with Crippen molar-refractivity contribution in [2.45, 2.75) is 0 Å². The Kier molecular flexibility index (Phi) is 6.09. The lowest BCUT2D eigenvalue weighted by Crippen LogP contribution is -2.13. The van der Waals surface area contributed by atoms with Gasteiger partial charge >= 0.3 is 5.63 Å². The van der Waals surface area contributed by atoms with Gasteiger partial charge in [-0.3, -0.25) is 4.79 Å². The van der Waals surface area contributed by atoms with Crippen molar-refractivity contribution in [1.82, 2.24) is 4.98 Å². The van der Waals surface area contributed by atoms with Crippen LogP contribution in [0.25, 0.3) is 22.4 Å². The standard InChI is InChI=1S/C27H21N3O5/c1-2-14-33-21-10-5-18(6-11-21)26-30-23-16-19(7-12-22(23)27(32)35-26)24(31)29-20-8-3-17(4-9-20)25-28-13-15-34-25/h2-12,16H,1,13-15H2,(H,29,31). The molecule has 8 nitrogen and oxygen atoms in total. The van der Waals surface area contributed by atoms with Gasteiger partial charge in [0.25, 0.3) is 5.91 Å². The Bertz CT molecular complexity index is 1490. The minimum atomic E-state index is -0.531. The van der Waals surface area contributed by atoms with Gasteiger partial charge in [-0.25, -0.2) is 14.8 Å². The third kappa shape index (κ3) is 4.81. The number of benzene rings is 3. The Morgan fingerprint density at radius 3 is 2.54 bits per heavy atom. The Morgan fingerprint density at radius 2 is 1.83 bits per heavy atom. The summed E-state index contributed by atoms with van der Waals surface area (Å²) in [7, 11) is 0. The van der Waals surface area contributed by atoms with E-state index in [4.69, 9.17) is 13.9 Å². The Morgan fingerprint density at radius 1 is 1.06 bits per heavy atom. The summed E-state index contributed by atoms with van der Waals surface area (Å²) in [6, 6.07) is 18.9. The van der Waals surface area contributed by atoms with Crippen molar-refractivity contribution in [3.05, 3.63) is 101 Å². The highest BCUT2D eigenvalue weighted by Gasteiger charge is 2.14. The smallest absolute Gasteiger partial charge is 0.347 e. The molecule has 5 rings (SSSR count). The van der Waals surface area contributed by atoms with Crippen LogP contribution in [0.5, 0.6) is 5.75 Å². The molecule has 0 saturated carbocycles. The van der Waals surface area contributed by atoms with Crippen LogP contribution in [0.1, 0.15) is 15.9 Å². The predicted molar refractivity (Wildman–Crippen MR) is 133 cm³/mol. The van der Waals surface area contributed by atoms with E-state index in [1.165, 1.54) is 6.07 Å². The van der Waals surface area contributed by atoms with Crippen LogP contribution in [0.3, 0.4) is 0 Å². The van der Waals surface area contributed by atoms with E-state index in [0.717, 1.165) is 5.56 Å².